The fourth-order valence-electron chi connectivity index (χ4n) is 3.25. The first-order chi connectivity index (χ1) is 16.0. The molecule has 8 nitrogen and oxygen atoms in total. The van der Waals surface area contributed by atoms with E-state index in [4.69, 9.17) is 13.9 Å². The molecule has 2 aromatic carbocycles. The second-order valence-corrected chi connectivity index (χ2v) is 8.21. The molecule has 170 valence electrons. The summed E-state index contributed by atoms with van der Waals surface area (Å²) in [7, 11) is -1.82. The monoisotopic (exact) mass is 462 g/mol. The molecule has 0 bridgehead atoms. The topological polar surface area (TPSA) is 113 Å². The lowest BCUT2D eigenvalue weighted by Gasteiger charge is -2.14. The van der Waals surface area contributed by atoms with E-state index in [0.717, 1.165) is 28.4 Å². The molecule has 9 heteroatoms. The number of aryl methyl sites for hydroxylation is 1. The maximum atomic E-state index is 11.5. The van der Waals surface area contributed by atoms with Crippen molar-refractivity contribution in [2.75, 3.05) is 17.2 Å². The first-order valence-corrected chi connectivity index (χ1v) is 11.6. The molecule has 33 heavy (non-hydrogen) atoms. The van der Waals surface area contributed by atoms with Gasteiger partial charge in [0.2, 0.25) is 5.95 Å². The standard InChI is InChI=1S/C24H24N5O3S/c1-3-31-19-11-8-17(9-12-19)22-15-27-24(28-18-5-4-6-21(13-18)33(25)30)29-23(22)26-14-20-10-7-16(2)32-20/h4-13,15,25H,3,14H2,1-2H3,(H2,26,27,28,29)/q-1. The predicted octanol–water partition coefficient (Wildman–Crippen LogP) is 5.88. The zero-order valence-corrected chi connectivity index (χ0v) is 19.1. The molecule has 2 heterocycles. The van der Waals surface area contributed by atoms with Crippen molar-refractivity contribution in [1.29, 1.82) is 4.78 Å². The molecule has 0 aliphatic carbocycles. The van der Waals surface area contributed by atoms with E-state index < -0.39 is 10.6 Å². The number of nitrogens with one attached hydrogen (secondary N) is 3. The number of ether oxygens (including phenoxy) is 1. The van der Waals surface area contributed by atoms with Gasteiger partial charge in [-0.1, -0.05) is 35.2 Å². The average Bonchev–Trinajstić information content (AvgIpc) is 3.24. The van der Waals surface area contributed by atoms with Crippen LogP contribution in [0.2, 0.25) is 0 Å². The molecular formula is C24H24N5O3S-. The van der Waals surface area contributed by atoms with E-state index in [1.54, 1.807) is 30.5 Å². The molecule has 0 saturated heterocycles. The van der Waals surface area contributed by atoms with E-state index in [0.29, 0.717) is 35.5 Å². The van der Waals surface area contributed by atoms with Gasteiger partial charge in [0.1, 0.15) is 23.1 Å². The zero-order chi connectivity index (χ0) is 23.2. The number of benzene rings is 2. The highest BCUT2D eigenvalue weighted by molar-refractivity contribution is 7.73. The Morgan fingerprint density at radius 2 is 1.94 bits per heavy atom. The fourth-order valence-corrected chi connectivity index (χ4v) is 3.69. The Labute approximate surface area is 194 Å². The molecule has 0 fully saturated rings. The molecule has 0 spiro atoms. The fraction of sp³-hybridized carbons (Fsp3) is 0.167. The molecule has 0 aliphatic rings. The molecule has 0 unspecified atom stereocenters. The van der Waals surface area contributed by atoms with Gasteiger partial charge in [-0.05, 0) is 49.7 Å². The van der Waals surface area contributed by atoms with E-state index in [1.807, 2.05) is 50.2 Å². The summed E-state index contributed by atoms with van der Waals surface area (Å²) in [6, 6.07) is 18.4. The van der Waals surface area contributed by atoms with Crippen LogP contribution in [0.3, 0.4) is 0 Å². The second kappa shape index (κ2) is 10.2. The molecule has 0 aliphatic heterocycles. The molecule has 4 aromatic rings. The maximum Gasteiger partial charge on any atom is 0.229 e. The third-order valence-electron chi connectivity index (χ3n) is 4.80. The van der Waals surface area contributed by atoms with Crippen molar-refractivity contribution in [3.05, 3.63) is 78.4 Å². The van der Waals surface area contributed by atoms with Crippen LogP contribution < -0.4 is 15.4 Å². The summed E-state index contributed by atoms with van der Waals surface area (Å²) in [5, 5.41) is 6.47. The first-order valence-electron chi connectivity index (χ1n) is 10.4. The number of furan rings is 1. The van der Waals surface area contributed by atoms with E-state index in [1.165, 1.54) is 0 Å². The van der Waals surface area contributed by atoms with Crippen LogP contribution in [0.25, 0.3) is 11.1 Å². The molecule has 0 atom stereocenters. The van der Waals surface area contributed by atoms with Gasteiger partial charge in [-0.15, -0.1) is 0 Å². The Bertz CT molecular complexity index is 1310. The van der Waals surface area contributed by atoms with Crippen molar-refractivity contribution < 1.29 is 13.4 Å². The first kappa shape index (κ1) is 22.3. The third kappa shape index (κ3) is 5.69. The highest BCUT2D eigenvalue weighted by Crippen LogP contribution is 2.29. The summed E-state index contributed by atoms with van der Waals surface area (Å²) in [6.45, 7) is 4.91. The quantitative estimate of drug-likeness (QED) is 0.266. The minimum atomic E-state index is -1.82. The van der Waals surface area contributed by atoms with Crippen LogP contribution in [0.15, 0.2) is 76.2 Å². The summed E-state index contributed by atoms with van der Waals surface area (Å²) < 4.78 is 30.1. The molecule has 0 saturated carbocycles. The molecular weight excluding hydrogens is 438 g/mol. The minimum Gasteiger partial charge on any atom is -0.494 e. The van der Waals surface area contributed by atoms with Crippen molar-refractivity contribution >= 4 is 28.0 Å². The van der Waals surface area contributed by atoms with Gasteiger partial charge < -0.3 is 28.8 Å². The molecule has 2 aromatic heterocycles. The lowest BCUT2D eigenvalue weighted by molar-refractivity contribution is 0.340. The largest absolute Gasteiger partial charge is 0.494 e. The molecule has 0 radical (unpaired) electrons. The van der Waals surface area contributed by atoms with Gasteiger partial charge in [0.15, 0.2) is 0 Å². The number of hydrogen-bond donors (Lipinski definition) is 3. The van der Waals surface area contributed by atoms with Gasteiger partial charge in [0.25, 0.3) is 0 Å². The summed E-state index contributed by atoms with van der Waals surface area (Å²) in [6.07, 6.45) is 1.74. The molecule has 0 amide bonds. The van der Waals surface area contributed by atoms with Crippen LogP contribution in [0.1, 0.15) is 18.4 Å². The van der Waals surface area contributed by atoms with Crippen LogP contribution in [-0.2, 0) is 21.3 Å². The van der Waals surface area contributed by atoms with Crippen LogP contribution >= 0.6 is 0 Å². The van der Waals surface area contributed by atoms with Gasteiger partial charge in [-0.3, -0.25) is 0 Å². The summed E-state index contributed by atoms with van der Waals surface area (Å²) >= 11 is 0. The van der Waals surface area contributed by atoms with Crippen molar-refractivity contribution in [1.82, 2.24) is 9.97 Å². The Balaban J connectivity index is 1.64. The minimum absolute atomic E-state index is 0.371. The summed E-state index contributed by atoms with van der Waals surface area (Å²) in [5.74, 6) is 3.44. The van der Waals surface area contributed by atoms with Crippen molar-refractivity contribution in [3.63, 3.8) is 0 Å². The van der Waals surface area contributed by atoms with E-state index in [-0.39, 0.29) is 0 Å². The summed E-state index contributed by atoms with van der Waals surface area (Å²) in [4.78, 5) is 9.53. The van der Waals surface area contributed by atoms with Crippen LogP contribution in [0.4, 0.5) is 17.5 Å². The van der Waals surface area contributed by atoms with E-state index in [9.17, 15) is 4.21 Å². The van der Waals surface area contributed by atoms with Crippen molar-refractivity contribution in [3.8, 4) is 16.9 Å². The number of nitrogens with zero attached hydrogens (tertiary/aromatic N) is 2. The third-order valence-corrected chi connectivity index (χ3v) is 5.48. The lowest BCUT2D eigenvalue weighted by Crippen LogP contribution is -2.06. The second-order valence-electron chi connectivity index (χ2n) is 7.20. The Morgan fingerprint density at radius 1 is 1.12 bits per heavy atom. The van der Waals surface area contributed by atoms with Gasteiger partial charge in [0, 0.05) is 17.4 Å². The van der Waals surface area contributed by atoms with Gasteiger partial charge in [0.05, 0.1) is 13.2 Å². The van der Waals surface area contributed by atoms with Crippen LogP contribution in [0, 0.1) is 11.7 Å². The highest BCUT2D eigenvalue weighted by atomic mass is 32.2. The Morgan fingerprint density at radius 3 is 2.64 bits per heavy atom. The van der Waals surface area contributed by atoms with Crippen molar-refractivity contribution in [2.45, 2.75) is 25.3 Å². The zero-order valence-electron chi connectivity index (χ0n) is 18.3. The molecule has 4 rings (SSSR count). The lowest BCUT2D eigenvalue weighted by atomic mass is 10.1. The summed E-state index contributed by atoms with van der Waals surface area (Å²) in [5.41, 5.74) is 2.41. The van der Waals surface area contributed by atoms with Gasteiger partial charge in [-0.2, -0.15) is 15.6 Å². The van der Waals surface area contributed by atoms with Crippen LogP contribution in [0.5, 0.6) is 5.75 Å². The normalized spacial score (nSPS) is 10.9. The van der Waals surface area contributed by atoms with Crippen molar-refractivity contribution in [2.24, 2.45) is 0 Å². The van der Waals surface area contributed by atoms with Gasteiger partial charge in [-0.25, -0.2) is 4.98 Å². The maximum absolute atomic E-state index is 11.5. The highest BCUT2D eigenvalue weighted by Gasteiger charge is 2.11. The number of aromatic nitrogens is 2. The number of hydrogen-bond acceptors (Lipinski definition) is 9. The Hall–Kier alpha value is -3.85. The average molecular weight is 463 g/mol. The SMILES string of the molecule is CCOc1ccc(-c2cnc(Nc3cccc([S-](=N)=O)c3)nc2NCc2ccc(C)o2)cc1. The smallest absolute Gasteiger partial charge is 0.229 e. The van der Waals surface area contributed by atoms with E-state index in [2.05, 4.69) is 20.6 Å². The van der Waals surface area contributed by atoms with E-state index >= 15 is 0 Å². The number of anilines is 3. The molecule has 3 N–H and O–H groups in total. The predicted molar refractivity (Wildman–Crippen MR) is 128 cm³/mol. The number of rotatable bonds is 9. The van der Waals surface area contributed by atoms with Gasteiger partial charge >= 0.3 is 0 Å². The van der Waals surface area contributed by atoms with Crippen LogP contribution in [-0.4, -0.2) is 16.6 Å². The Kier molecular flexibility index (Phi) is 6.89.